The van der Waals surface area contributed by atoms with Gasteiger partial charge in [0.15, 0.2) is 11.6 Å². The Morgan fingerprint density at radius 3 is 2.93 bits per heavy atom. The van der Waals surface area contributed by atoms with Gasteiger partial charge in [-0.15, -0.1) is 0 Å². The van der Waals surface area contributed by atoms with Gasteiger partial charge in [0.1, 0.15) is 0 Å². The minimum atomic E-state index is -0.544. The van der Waals surface area contributed by atoms with Gasteiger partial charge in [-0.3, -0.25) is 4.98 Å². The molecule has 0 radical (unpaired) electrons. The zero-order valence-electron chi connectivity index (χ0n) is 7.92. The van der Waals surface area contributed by atoms with Gasteiger partial charge >= 0.3 is 0 Å². The molecule has 1 heterocycles. The maximum absolute atomic E-state index is 13.4. The van der Waals surface area contributed by atoms with Crippen molar-refractivity contribution in [3.8, 4) is 5.75 Å². The van der Waals surface area contributed by atoms with Gasteiger partial charge in [0.2, 0.25) is 0 Å². The second kappa shape index (κ2) is 3.55. The minimum absolute atomic E-state index is 0.00241. The van der Waals surface area contributed by atoms with Crippen LogP contribution in [0.3, 0.4) is 0 Å². The average Bonchev–Trinajstić information content (AvgIpc) is 2.17. The molecule has 2 N–H and O–H groups in total. The molecule has 3 nitrogen and oxygen atoms in total. The largest absolute Gasteiger partial charge is 0.492 e. The third-order valence-corrected chi connectivity index (χ3v) is 2.44. The number of benzene rings is 1. The van der Waals surface area contributed by atoms with E-state index in [0.717, 1.165) is 0 Å². The second-order valence-electron chi connectivity index (χ2n) is 2.99. The molecule has 0 aliphatic carbocycles. The molecule has 1 aromatic heterocycles. The highest BCUT2D eigenvalue weighted by molar-refractivity contribution is 6.36. The number of fused-ring (bicyclic) bond motifs is 1. The van der Waals surface area contributed by atoms with Gasteiger partial charge in [-0.25, -0.2) is 4.39 Å². The van der Waals surface area contributed by atoms with Crippen molar-refractivity contribution >= 4 is 28.2 Å². The fourth-order valence-electron chi connectivity index (χ4n) is 1.46. The van der Waals surface area contributed by atoms with Crippen LogP contribution in [-0.4, -0.2) is 12.1 Å². The number of nitrogens with zero attached hydrogens (tertiary/aromatic N) is 1. The summed E-state index contributed by atoms with van der Waals surface area (Å²) in [7, 11) is 1.35. The molecule has 0 saturated heterocycles. The Morgan fingerprint density at radius 1 is 1.53 bits per heavy atom. The first-order chi connectivity index (χ1) is 7.15. The van der Waals surface area contributed by atoms with Gasteiger partial charge in [0.05, 0.1) is 23.3 Å². The SMILES string of the molecule is COc1c(F)cc2nccc(Cl)c2c1N. The number of nitrogen functional groups attached to an aromatic ring is 1. The maximum atomic E-state index is 13.4. The molecule has 2 rings (SSSR count). The summed E-state index contributed by atoms with van der Waals surface area (Å²) >= 11 is 5.95. The summed E-state index contributed by atoms with van der Waals surface area (Å²) in [5.74, 6) is -0.547. The lowest BCUT2D eigenvalue weighted by molar-refractivity contribution is 0.389. The van der Waals surface area contributed by atoms with Crippen LogP contribution in [0.2, 0.25) is 5.02 Å². The first kappa shape index (κ1) is 9.98. The first-order valence-electron chi connectivity index (χ1n) is 4.21. The molecular weight excluding hydrogens is 219 g/mol. The molecule has 0 spiro atoms. The van der Waals surface area contributed by atoms with Crippen molar-refractivity contribution in [3.05, 3.63) is 29.2 Å². The van der Waals surface area contributed by atoms with E-state index in [1.807, 2.05) is 0 Å². The number of hydrogen-bond donors (Lipinski definition) is 1. The van der Waals surface area contributed by atoms with Crippen LogP contribution < -0.4 is 10.5 Å². The van der Waals surface area contributed by atoms with Crippen molar-refractivity contribution in [1.82, 2.24) is 4.98 Å². The lowest BCUT2D eigenvalue weighted by Crippen LogP contribution is -1.98. The van der Waals surface area contributed by atoms with Crippen LogP contribution in [0.1, 0.15) is 0 Å². The van der Waals surface area contributed by atoms with Crippen LogP contribution in [0.25, 0.3) is 10.9 Å². The van der Waals surface area contributed by atoms with Gasteiger partial charge < -0.3 is 10.5 Å². The van der Waals surface area contributed by atoms with E-state index in [4.69, 9.17) is 22.1 Å². The Balaban J connectivity index is 2.92. The molecule has 0 unspecified atom stereocenters. The molecule has 0 bridgehead atoms. The molecule has 0 amide bonds. The highest BCUT2D eigenvalue weighted by atomic mass is 35.5. The van der Waals surface area contributed by atoms with E-state index in [-0.39, 0.29) is 11.4 Å². The van der Waals surface area contributed by atoms with Gasteiger partial charge in [-0.1, -0.05) is 11.6 Å². The Morgan fingerprint density at radius 2 is 2.27 bits per heavy atom. The number of rotatable bonds is 1. The molecule has 0 saturated carbocycles. The normalized spacial score (nSPS) is 10.6. The molecule has 78 valence electrons. The molecule has 15 heavy (non-hydrogen) atoms. The molecule has 5 heteroatoms. The molecule has 1 aromatic carbocycles. The van der Waals surface area contributed by atoms with Crippen LogP contribution in [0.5, 0.6) is 5.75 Å². The predicted octanol–water partition coefficient (Wildman–Crippen LogP) is 2.62. The lowest BCUT2D eigenvalue weighted by atomic mass is 10.1. The quantitative estimate of drug-likeness (QED) is 0.761. The Hall–Kier alpha value is -1.55. The topological polar surface area (TPSA) is 48.1 Å². The van der Waals surface area contributed by atoms with Crippen molar-refractivity contribution < 1.29 is 9.13 Å². The van der Waals surface area contributed by atoms with E-state index in [1.54, 1.807) is 6.07 Å². The van der Waals surface area contributed by atoms with E-state index in [9.17, 15) is 4.39 Å². The van der Waals surface area contributed by atoms with Crippen molar-refractivity contribution in [2.24, 2.45) is 0 Å². The average molecular weight is 227 g/mol. The monoisotopic (exact) mass is 226 g/mol. The number of nitrogens with two attached hydrogens (primary N) is 1. The molecule has 0 fully saturated rings. The van der Waals surface area contributed by atoms with Crippen LogP contribution in [0.4, 0.5) is 10.1 Å². The van der Waals surface area contributed by atoms with Gasteiger partial charge in [-0.05, 0) is 6.07 Å². The maximum Gasteiger partial charge on any atom is 0.178 e. The van der Waals surface area contributed by atoms with Gasteiger partial charge in [-0.2, -0.15) is 0 Å². The molecule has 2 aromatic rings. The Bertz CT molecular complexity index is 530. The summed E-state index contributed by atoms with van der Waals surface area (Å²) < 4.78 is 18.3. The number of hydrogen-bond acceptors (Lipinski definition) is 3. The first-order valence-corrected chi connectivity index (χ1v) is 4.59. The third-order valence-electron chi connectivity index (χ3n) is 2.13. The summed E-state index contributed by atoms with van der Waals surface area (Å²) in [5.41, 5.74) is 6.33. The predicted molar refractivity (Wildman–Crippen MR) is 57.7 cm³/mol. The standard InChI is InChI=1S/C10H8ClFN2O/c1-15-10-6(12)4-7-8(9(10)13)5(11)2-3-14-7/h2-4H,13H2,1H3. The highest BCUT2D eigenvalue weighted by Gasteiger charge is 2.14. The van der Waals surface area contributed by atoms with E-state index in [0.29, 0.717) is 15.9 Å². The highest BCUT2D eigenvalue weighted by Crippen LogP contribution is 2.36. The zero-order chi connectivity index (χ0) is 11.0. The van der Waals surface area contributed by atoms with Crippen LogP contribution in [-0.2, 0) is 0 Å². The van der Waals surface area contributed by atoms with Crippen LogP contribution >= 0.6 is 11.6 Å². The Kier molecular flexibility index (Phi) is 2.36. The van der Waals surface area contributed by atoms with Crippen molar-refractivity contribution in [2.75, 3.05) is 12.8 Å². The van der Waals surface area contributed by atoms with E-state index in [1.165, 1.54) is 19.4 Å². The summed E-state index contributed by atoms with van der Waals surface area (Å²) in [4.78, 5) is 3.98. The molecule has 0 aliphatic rings. The van der Waals surface area contributed by atoms with Crippen molar-refractivity contribution in [1.29, 1.82) is 0 Å². The van der Waals surface area contributed by atoms with E-state index < -0.39 is 5.82 Å². The third kappa shape index (κ3) is 1.47. The number of anilines is 1. The molecule has 0 atom stereocenters. The number of halogens is 2. The van der Waals surface area contributed by atoms with Gasteiger partial charge in [0, 0.05) is 17.6 Å². The lowest BCUT2D eigenvalue weighted by Gasteiger charge is -2.09. The van der Waals surface area contributed by atoms with Crippen LogP contribution in [0, 0.1) is 5.82 Å². The molecular formula is C10H8ClFN2O. The Labute approximate surface area is 90.6 Å². The minimum Gasteiger partial charge on any atom is -0.492 e. The van der Waals surface area contributed by atoms with Crippen molar-refractivity contribution in [2.45, 2.75) is 0 Å². The fraction of sp³-hybridized carbons (Fsp3) is 0.100. The van der Waals surface area contributed by atoms with Gasteiger partial charge in [0.25, 0.3) is 0 Å². The fourth-order valence-corrected chi connectivity index (χ4v) is 1.72. The van der Waals surface area contributed by atoms with Crippen LogP contribution in [0.15, 0.2) is 18.3 Å². The van der Waals surface area contributed by atoms with E-state index >= 15 is 0 Å². The molecule has 0 aliphatic heterocycles. The number of ether oxygens (including phenoxy) is 1. The second-order valence-corrected chi connectivity index (χ2v) is 3.40. The number of methoxy groups -OCH3 is 1. The summed E-state index contributed by atoms with van der Waals surface area (Å²) in [5, 5.41) is 0.938. The number of aromatic nitrogens is 1. The summed E-state index contributed by atoms with van der Waals surface area (Å²) in [6, 6.07) is 2.84. The number of pyridine rings is 1. The summed E-state index contributed by atoms with van der Waals surface area (Å²) in [6.45, 7) is 0. The van der Waals surface area contributed by atoms with Crippen molar-refractivity contribution in [3.63, 3.8) is 0 Å². The smallest absolute Gasteiger partial charge is 0.178 e. The summed E-state index contributed by atoms with van der Waals surface area (Å²) in [6.07, 6.45) is 1.50. The zero-order valence-corrected chi connectivity index (χ0v) is 8.68. The van der Waals surface area contributed by atoms with E-state index in [2.05, 4.69) is 4.98 Å².